The number of aryl methyl sites for hydroxylation is 1. The van der Waals surface area contributed by atoms with Crippen LogP contribution in [0, 0.1) is 0 Å². The Labute approximate surface area is 162 Å². The average molecular weight is 381 g/mol. The zero-order chi connectivity index (χ0) is 19.9. The second-order valence-electron chi connectivity index (χ2n) is 7.26. The van der Waals surface area contributed by atoms with Gasteiger partial charge in [-0.3, -0.25) is 13.9 Å². The van der Waals surface area contributed by atoms with E-state index in [1.54, 1.807) is 7.05 Å². The monoisotopic (exact) mass is 381 g/mol. The highest BCUT2D eigenvalue weighted by molar-refractivity contribution is 6.24. The zero-order valence-electron chi connectivity index (χ0n) is 15.7. The number of rotatable bonds is 0. The Morgan fingerprint density at radius 3 is 1.90 bits per heavy atom. The van der Waals surface area contributed by atoms with Crippen LogP contribution in [0.5, 0.6) is 0 Å². The number of benzene rings is 3. The Bertz CT molecular complexity index is 1770. The summed E-state index contributed by atoms with van der Waals surface area (Å²) in [5, 5.41) is 4.17. The van der Waals surface area contributed by atoms with Gasteiger partial charge in [-0.2, -0.15) is 0 Å². The highest BCUT2D eigenvalue weighted by Crippen LogP contribution is 2.34. The van der Waals surface area contributed by atoms with Crippen LogP contribution in [0.4, 0.5) is 0 Å². The quantitative estimate of drug-likeness (QED) is 0.410. The first-order valence-corrected chi connectivity index (χ1v) is 9.25. The SMILES string of the molecule is Cn1c(=O)c2[nH]c3nc4c5ccccc5c5ccccc5c4nc3c2n(C)c1=O. The van der Waals surface area contributed by atoms with Crippen LogP contribution < -0.4 is 11.2 Å². The summed E-state index contributed by atoms with van der Waals surface area (Å²) in [5.74, 6) is 0. The first kappa shape index (κ1) is 16.0. The summed E-state index contributed by atoms with van der Waals surface area (Å²) in [5.41, 5.74) is 2.54. The molecular formula is C22H15N5O2. The Morgan fingerprint density at radius 1 is 0.724 bits per heavy atom. The predicted octanol–water partition coefficient (Wildman–Crippen LogP) is 2.97. The summed E-state index contributed by atoms with van der Waals surface area (Å²) in [6.07, 6.45) is 0. The molecule has 3 aromatic carbocycles. The van der Waals surface area contributed by atoms with Gasteiger partial charge in [0.25, 0.3) is 5.56 Å². The fourth-order valence-corrected chi connectivity index (χ4v) is 4.26. The number of aromatic amines is 1. The molecule has 7 heteroatoms. The summed E-state index contributed by atoms with van der Waals surface area (Å²) >= 11 is 0. The summed E-state index contributed by atoms with van der Waals surface area (Å²) in [6, 6.07) is 16.2. The van der Waals surface area contributed by atoms with Gasteiger partial charge in [-0.05, 0) is 10.8 Å². The third-order valence-electron chi connectivity index (χ3n) is 5.68. The Kier molecular flexibility index (Phi) is 2.92. The number of hydrogen-bond acceptors (Lipinski definition) is 4. The topological polar surface area (TPSA) is 85.6 Å². The Hall–Kier alpha value is -4.00. The lowest BCUT2D eigenvalue weighted by Gasteiger charge is -2.09. The van der Waals surface area contributed by atoms with Gasteiger partial charge in [-0.1, -0.05) is 48.5 Å². The van der Waals surface area contributed by atoms with Crippen molar-refractivity contribution in [2.24, 2.45) is 14.1 Å². The van der Waals surface area contributed by atoms with Gasteiger partial charge in [0.1, 0.15) is 16.6 Å². The number of nitrogens with one attached hydrogen (secondary N) is 1. The lowest BCUT2D eigenvalue weighted by Crippen LogP contribution is -2.36. The molecule has 0 unspecified atom stereocenters. The van der Waals surface area contributed by atoms with Crippen LogP contribution in [0.2, 0.25) is 0 Å². The molecule has 0 fully saturated rings. The van der Waals surface area contributed by atoms with Crippen molar-refractivity contribution < 1.29 is 0 Å². The molecule has 0 spiro atoms. The van der Waals surface area contributed by atoms with E-state index < -0.39 is 5.69 Å². The molecule has 0 atom stereocenters. The second kappa shape index (κ2) is 5.29. The van der Waals surface area contributed by atoms with Crippen LogP contribution in [-0.4, -0.2) is 24.1 Å². The largest absolute Gasteiger partial charge is 0.332 e. The molecule has 0 aliphatic heterocycles. The van der Waals surface area contributed by atoms with Gasteiger partial charge in [0.05, 0.1) is 11.0 Å². The van der Waals surface area contributed by atoms with Gasteiger partial charge in [-0.25, -0.2) is 14.8 Å². The highest BCUT2D eigenvalue weighted by atomic mass is 16.2. The number of hydrogen-bond donors (Lipinski definition) is 1. The van der Waals surface area contributed by atoms with E-state index in [0.717, 1.165) is 37.1 Å². The van der Waals surface area contributed by atoms with E-state index in [0.29, 0.717) is 22.2 Å². The van der Waals surface area contributed by atoms with E-state index in [4.69, 9.17) is 9.97 Å². The van der Waals surface area contributed by atoms with Crippen molar-refractivity contribution in [3.05, 3.63) is 69.4 Å². The van der Waals surface area contributed by atoms with Gasteiger partial charge < -0.3 is 4.98 Å². The molecule has 0 saturated heterocycles. The third-order valence-corrected chi connectivity index (χ3v) is 5.68. The molecule has 0 aliphatic rings. The molecule has 6 aromatic rings. The summed E-state index contributed by atoms with van der Waals surface area (Å²) in [6.45, 7) is 0. The minimum absolute atomic E-state index is 0.327. The van der Waals surface area contributed by atoms with Crippen molar-refractivity contribution in [1.29, 1.82) is 0 Å². The lowest BCUT2D eigenvalue weighted by atomic mass is 9.99. The van der Waals surface area contributed by atoms with E-state index in [1.807, 2.05) is 36.4 Å². The molecule has 3 aromatic heterocycles. The lowest BCUT2D eigenvalue weighted by molar-refractivity contribution is 0.713. The van der Waals surface area contributed by atoms with E-state index in [1.165, 1.54) is 11.6 Å². The smallest absolute Gasteiger partial charge is 0.331 e. The van der Waals surface area contributed by atoms with Crippen molar-refractivity contribution in [3.63, 3.8) is 0 Å². The van der Waals surface area contributed by atoms with Crippen molar-refractivity contribution in [3.8, 4) is 0 Å². The first-order chi connectivity index (χ1) is 14.1. The van der Waals surface area contributed by atoms with Crippen LogP contribution in [0.25, 0.3) is 54.8 Å². The summed E-state index contributed by atoms with van der Waals surface area (Å²) < 4.78 is 2.53. The molecule has 3 heterocycles. The first-order valence-electron chi connectivity index (χ1n) is 9.25. The standard InChI is InChI=1S/C22H15N5O2/c1-26-19-17-20(25-18(19)21(28)27(2)22(26)29)24-16-14-10-6-4-8-12(14)11-7-3-5-9-13(11)15(16)23-17/h3-10H,1-2H3,(H,24,25). The predicted molar refractivity (Wildman–Crippen MR) is 114 cm³/mol. The molecule has 0 aliphatic carbocycles. The molecule has 0 saturated carbocycles. The minimum Gasteiger partial charge on any atom is -0.332 e. The van der Waals surface area contributed by atoms with Gasteiger partial charge >= 0.3 is 5.69 Å². The van der Waals surface area contributed by atoms with Gasteiger partial charge in [0, 0.05) is 24.9 Å². The fraction of sp³-hybridized carbons (Fsp3) is 0.0909. The van der Waals surface area contributed by atoms with E-state index in [9.17, 15) is 9.59 Å². The number of aromatic nitrogens is 5. The van der Waals surface area contributed by atoms with Crippen LogP contribution in [0.3, 0.4) is 0 Å². The summed E-state index contributed by atoms with van der Waals surface area (Å²) in [7, 11) is 3.11. The van der Waals surface area contributed by atoms with Crippen LogP contribution in [0.1, 0.15) is 0 Å². The van der Waals surface area contributed by atoms with Crippen molar-refractivity contribution in [2.45, 2.75) is 0 Å². The molecule has 0 radical (unpaired) electrons. The Balaban J connectivity index is 1.96. The summed E-state index contributed by atoms with van der Waals surface area (Å²) in [4.78, 5) is 38.0. The molecule has 29 heavy (non-hydrogen) atoms. The number of fused-ring (bicyclic) bond motifs is 9. The second-order valence-corrected chi connectivity index (χ2v) is 7.26. The third kappa shape index (κ3) is 1.91. The van der Waals surface area contributed by atoms with Crippen LogP contribution >= 0.6 is 0 Å². The molecule has 7 nitrogen and oxygen atoms in total. The molecule has 6 rings (SSSR count). The molecule has 1 N–H and O–H groups in total. The van der Waals surface area contributed by atoms with Crippen LogP contribution in [0.15, 0.2) is 58.1 Å². The van der Waals surface area contributed by atoms with Crippen molar-refractivity contribution >= 4 is 54.8 Å². The maximum absolute atomic E-state index is 12.7. The average Bonchev–Trinajstić information content (AvgIpc) is 3.14. The van der Waals surface area contributed by atoms with E-state index >= 15 is 0 Å². The normalized spacial score (nSPS) is 12.1. The fourth-order valence-electron chi connectivity index (χ4n) is 4.26. The molecular weight excluding hydrogens is 366 g/mol. The maximum Gasteiger partial charge on any atom is 0.331 e. The van der Waals surface area contributed by atoms with Crippen LogP contribution in [-0.2, 0) is 14.1 Å². The van der Waals surface area contributed by atoms with E-state index in [2.05, 4.69) is 17.1 Å². The van der Waals surface area contributed by atoms with Gasteiger partial charge in [0.15, 0.2) is 5.65 Å². The molecule has 140 valence electrons. The van der Waals surface area contributed by atoms with Gasteiger partial charge in [0.2, 0.25) is 0 Å². The van der Waals surface area contributed by atoms with E-state index in [-0.39, 0.29) is 5.56 Å². The molecule has 0 bridgehead atoms. The number of H-pyrrole nitrogens is 1. The minimum atomic E-state index is -0.395. The highest BCUT2D eigenvalue weighted by Gasteiger charge is 2.19. The molecule has 0 amide bonds. The number of nitrogens with zero attached hydrogens (tertiary/aromatic N) is 4. The van der Waals surface area contributed by atoms with Crippen molar-refractivity contribution in [1.82, 2.24) is 24.1 Å². The van der Waals surface area contributed by atoms with Gasteiger partial charge in [-0.15, -0.1) is 0 Å². The Morgan fingerprint density at radius 2 is 1.28 bits per heavy atom. The van der Waals surface area contributed by atoms with Crippen molar-refractivity contribution in [2.75, 3.05) is 0 Å². The zero-order valence-corrected chi connectivity index (χ0v) is 15.7. The maximum atomic E-state index is 12.7.